The molecule has 2 amide bonds. The van der Waals surface area contributed by atoms with Crippen molar-refractivity contribution in [3.05, 3.63) is 0 Å². The first-order chi connectivity index (χ1) is 7.80. The van der Waals surface area contributed by atoms with E-state index in [9.17, 15) is 18.0 Å². The van der Waals surface area contributed by atoms with Crippen LogP contribution >= 0.6 is 0 Å². The number of piperazine rings is 1. The van der Waals surface area contributed by atoms with Crippen LogP contribution in [0.5, 0.6) is 0 Å². The van der Waals surface area contributed by atoms with Gasteiger partial charge in [-0.15, -0.1) is 0 Å². The zero-order valence-electron chi connectivity index (χ0n) is 9.55. The van der Waals surface area contributed by atoms with Crippen LogP contribution < -0.4 is 10.5 Å². The van der Waals surface area contributed by atoms with Crippen molar-refractivity contribution in [2.24, 2.45) is 5.14 Å². The summed E-state index contributed by atoms with van der Waals surface area (Å²) in [6.07, 6.45) is 0. The van der Waals surface area contributed by atoms with E-state index in [-0.39, 0.29) is 44.5 Å². The van der Waals surface area contributed by atoms with E-state index >= 15 is 0 Å². The largest absolute Gasteiger partial charge is 0.347 e. The minimum atomic E-state index is -3.68. The van der Waals surface area contributed by atoms with Crippen molar-refractivity contribution in [3.8, 4) is 0 Å². The van der Waals surface area contributed by atoms with E-state index in [1.807, 2.05) is 0 Å². The van der Waals surface area contributed by atoms with E-state index in [1.54, 1.807) is 0 Å². The lowest BCUT2D eigenvalue weighted by Gasteiger charge is -2.32. The van der Waals surface area contributed by atoms with E-state index in [2.05, 4.69) is 5.32 Å². The molecule has 0 bridgehead atoms. The van der Waals surface area contributed by atoms with Gasteiger partial charge in [0.2, 0.25) is 11.8 Å². The summed E-state index contributed by atoms with van der Waals surface area (Å²) in [6, 6.07) is 0. The van der Waals surface area contributed by atoms with Crippen molar-refractivity contribution in [2.45, 2.75) is 6.92 Å². The topological polar surface area (TPSA) is 113 Å². The molecule has 0 saturated carbocycles. The first-order valence-corrected chi connectivity index (χ1v) is 6.61. The molecule has 8 nitrogen and oxygen atoms in total. The number of nitrogens with two attached hydrogens (primary N) is 1. The molecule has 1 rings (SSSR count). The summed E-state index contributed by atoms with van der Waals surface area (Å²) in [7, 11) is -3.68. The van der Waals surface area contributed by atoms with Crippen molar-refractivity contribution in [1.29, 1.82) is 0 Å². The van der Waals surface area contributed by atoms with Crippen LogP contribution in [0.2, 0.25) is 0 Å². The molecular formula is C8H16N4O4S. The molecule has 0 unspecified atom stereocenters. The van der Waals surface area contributed by atoms with Crippen LogP contribution in [0.15, 0.2) is 0 Å². The Labute approximate surface area is 99.9 Å². The van der Waals surface area contributed by atoms with Gasteiger partial charge in [-0.3, -0.25) is 9.59 Å². The molecule has 0 spiro atoms. The SMILES string of the molecule is CC(=O)NCC(=O)N1CCN(S(N)(=O)=O)CC1. The van der Waals surface area contributed by atoms with Gasteiger partial charge in [0.1, 0.15) is 0 Å². The summed E-state index contributed by atoms with van der Waals surface area (Å²) in [5.41, 5.74) is 0. The maximum atomic E-state index is 11.6. The van der Waals surface area contributed by atoms with E-state index in [0.29, 0.717) is 0 Å². The number of hydrogen-bond donors (Lipinski definition) is 2. The average Bonchev–Trinajstić information content (AvgIpc) is 2.25. The second-order valence-corrected chi connectivity index (χ2v) is 5.28. The van der Waals surface area contributed by atoms with E-state index in [4.69, 9.17) is 5.14 Å². The standard InChI is InChI=1S/C8H16N4O4S/c1-7(13)10-6-8(14)11-2-4-12(5-3-11)17(9,15)16/h2-6H2,1H3,(H,10,13)(H2,9,15,16). The van der Waals surface area contributed by atoms with Gasteiger partial charge in [-0.1, -0.05) is 0 Å². The summed E-state index contributed by atoms with van der Waals surface area (Å²) in [4.78, 5) is 23.7. The van der Waals surface area contributed by atoms with Crippen LogP contribution in [0.3, 0.4) is 0 Å². The summed E-state index contributed by atoms with van der Waals surface area (Å²) in [5.74, 6) is -0.504. The average molecular weight is 264 g/mol. The second-order valence-electron chi connectivity index (χ2n) is 3.73. The molecule has 17 heavy (non-hydrogen) atoms. The van der Waals surface area contributed by atoms with E-state index < -0.39 is 10.2 Å². The van der Waals surface area contributed by atoms with Crippen LogP contribution in [0.25, 0.3) is 0 Å². The Kier molecular flexibility index (Phi) is 4.43. The van der Waals surface area contributed by atoms with Gasteiger partial charge in [0.25, 0.3) is 10.2 Å². The van der Waals surface area contributed by atoms with Crippen molar-refractivity contribution < 1.29 is 18.0 Å². The lowest BCUT2D eigenvalue weighted by Crippen LogP contribution is -2.53. The van der Waals surface area contributed by atoms with Gasteiger partial charge in [-0.2, -0.15) is 12.7 Å². The number of amides is 2. The highest BCUT2D eigenvalue weighted by Gasteiger charge is 2.26. The van der Waals surface area contributed by atoms with Crippen molar-refractivity contribution in [2.75, 3.05) is 32.7 Å². The molecule has 0 aliphatic carbocycles. The highest BCUT2D eigenvalue weighted by Crippen LogP contribution is 2.04. The first kappa shape index (κ1) is 13.9. The van der Waals surface area contributed by atoms with Crippen LogP contribution in [-0.2, 0) is 19.8 Å². The minimum absolute atomic E-state index is 0.0648. The summed E-state index contributed by atoms with van der Waals surface area (Å²) < 4.78 is 23.2. The second kappa shape index (κ2) is 5.43. The van der Waals surface area contributed by atoms with Crippen LogP contribution in [0.4, 0.5) is 0 Å². The Morgan fingerprint density at radius 2 is 1.76 bits per heavy atom. The Morgan fingerprint density at radius 3 is 2.18 bits per heavy atom. The fourth-order valence-corrected chi connectivity index (χ4v) is 2.18. The molecule has 0 aromatic rings. The fraction of sp³-hybridized carbons (Fsp3) is 0.750. The smallest absolute Gasteiger partial charge is 0.277 e. The lowest BCUT2D eigenvalue weighted by atomic mass is 10.3. The number of hydrogen-bond acceptors (Lipinski definition) is 4. The van der Waals surface area contributed by atoms with Gasteiger partial charge in [-0.05, 0) is 0 Å². The third-order valence-electron chi connectivity index (χ3n) is 2.44. The molecular weight excluding hydrogens is 248 g/mol. The van der Waals surface area contributed by atoms with Gasteiger partial charge in [0.15, 0.2) is 0 Å². The van der Waals surface area contributed by atoms with Gasteiger partial charge >= 0.3 is 0 Å². The van der Waals surface area contributed by atoms with Crippen LogP contribution in [-0.4, -0.2) is 62.2 Å². The molecule has 1 fully saturated rings. The third kappa shape index (κ3) is 4.29. The molecule has 1 saturated heterocycles. The highest BCUT2D eigenvalue weighted by molar-refractivity contribution is 7.86. The number of nitrogens with one attached hydrogen (secondary N) is 1. The molecule has 0 atom stereocenters. The van der Waals surface area contributed by atoms with Gasteiger partial charge < -0.3 is 10.2 Å². The van der Waals surface area contributed by atoms with Crippen LogP contribution in [0, 0.1) is 0 Å². The van der Waals surface area contributed by atoms with E-state index in [0.717, 1.165) is 4.31 Å². The Morgan fingerprint density at radius 1 is 1.24 bits per heavy atom. The van der Waals surface area contributed by atoms with Crippen molar-refractivity contribution in [1.82, 2.24) is 14.5 Å². The normalized spacial score (nSPS) is 17.9. The molecule has 0 radical (unpaired) electrons. The maximum Gasteiger partial charge on any atom is 0.277 e. The van der Waals surface area contributed by atoms with E-state index in [1.165, 1.54) is 11.8 Å². The number of rotatable bonds is 3. The number of carbonyl (C=O) groups is 2. The quantitative estimate of drug-likeness (QED) is 0.585. The van der Waals surface area contributed by atoms with Crippen molar-refractivity contribution in [3.63, 3.8) is 0 Å². The molecule has 3 N–H and O–H groups in total. The fourth-order valence-electron chi connectivity index (χ4n) is 1.50. The number of carbonyl (C=O) groups excluding carboxylic acids is 2. The predicted octanol–water partition coefficient (Wildman–Crippen LogP) is -2.53. The minimum Gasteiger partial charge on any atom is -0.347 e. The molecule has 9 heteroatoms. The molecule has 1 aliphatic rings. The highest BCUT2D eigenvalue weighted by atomic mass is 32.2. The van der Waals surface area contributed by atoms with Crippen molar-refractivity contribution >= 4 is 22.0 Å². The zero-order valence-corrected chi connectivity index (χ0v) is 10.4. The van der Waals surface area contributed by atoms with Crippen LogP contribution in [0.1, 0.15) is 6.92 Å². The van der Waals surface area contributed by atoms with Gasteiger partial charge in [0.05, 0.1) is 6.54 Å². The summed E-state index contributed by atoms with van der Waals surface area (Å²) in [5, 5.41) is 7.37. The molecule has 1 heterocycles. The summed E-state index contributed by atoms with van der Waals surface area (Å²) in [6.45, 7) is 2.20. The molecule has 0 aromatic carbocycles. The first-order valence-electron chi connectivity index (χ1n) is 5.11. The molecule has 98 valence electrons. The Hall–Kier alpha value is -1.19. The predicted molar refractivity (Wildman–Crippen MR) is 59.9 cm³/mol. The maximum absolute atomic E-state index is 11.6. The zero-order chi connectivity index (χ0) is 13.1. The number of nitrogens with zero attached hydrogens (tertiary/aromatic N) is 2. The van der Waals surface area contributed by atoms with Gasteiger partial charge in [-0.25, -0.2) is 5.14 Å². The third-order valence-corrected chi connectivity index (χ3v) is 3.52. The Balaban J connectivity index is 2.41. The molecule has 0 aromatic heterocycles. The molecule has 1 aliphatic heterocycles. The monoisotopic (exact) mass is 264 g/mol. The summed E-state index contributed by atoms with van der Waals surface area (Å²) >= 11 is 0. The van der Waals surface area contributed by atoms with Gasteiger partial charge in [0, 0.05) is 33.1 Å². The lowest BCUT2D eigenvalue weighted by molar-refractivity contribution is -0.133. The Bertz CT molecular complexity index is 400.